The molecule has 0 spiro atoms. The topological polar surface area (TPSA) is 78.5 Å². The summed E-state index contributed by atoms with van der Waals surface area (Å²) in [7, 11) is 0. The van der Waals surface area contributed by atoms with E-state index in [1.54, 1.807) is 0 Å². The van der Waals surface area contributed by atoms with Crippen LogP contribution in [0.4, 0.5) is 0 Å². The Morgan fingerprint density at radius 3 is 0.672 bits per heavy atom. The van der Waals surface area contributed by atoms with Crippen molar-refractivity contribution in [2.24, 2.45) is 0 Å². The van der Waals surface area contributed by atoms with Crippen LogP contribution in [0.1, 0.15) is 329 Å². The van der Waals surface area contributed by atoms with Crippen LogP contribution in [-0.2, 0) is 14.4 Å². The molecule has 380 valence electrons. The van der Waals surface area contributed by atoms with E-state index in [1.807, 2.05) is 4.90 Å². The van der Waals surface area contributed by atoms with Crippen LogP contribution in [0.3, 0.4) is 0 Å². The van der Waals surface area contributed by atoms with Gasteiger partial charge in [-0.15, -0.1) is 0 Å². The molecular weight excluding hydrogens is 787 g/mol. The molecule has 3 amide bonds. The SMILES string of the molecule is CCCCCCCCCCCCCCCCCC(=O)NCCN(CCNC(=O)CCCCCCCCCCCCCCCCC)C(=O)CCCCCCCCCCCCCCCCC. The number of rotatable bonds is 54. The summed E-state index contributed by atoms with van der Waals surface area (Å²) < 4.78 is 0. The molecule has 0 rings (SSSR count). The number of carbonyl (C=O) groups excluding carboxylic acids is 3. The van der Waals surface area contributed by atoms with Crippen LogP contribution in [0.25, 0.3) is 0 Å². The normalized spacial score (nSPS) is 11.4. The Kier molecular flexibility index (Phi) is 52.7. The van der Waals surface area contributed by atoms with Gasteiger partial charge in [-0.1, -0.05) is 290 Å². The highest BCUT2D eigenvalue weighted by Crippen LogP contribution is 2.17. The molecule has 0 aromatic heterocycles. The first kappa shape index (κ1) is 62.4. The number of nitrogens with zero attached hydrogens (tertiary/aromatic N) is 1. The minimum Gasteiger partial charge on any atom is -0.354 e. The highest BCUT2D eigenvalue weighted by Gasteiger charge is 2.14. The Labute approximate surface area is 401 Å². The van der Waals surface area contributed by atoms with Gasteiger partial charge in [0.2, 0.25) is 17.7 Å². The van der Waals surface area contributed by atoms with Gasteiger partial charge in [0.1, 0.15) is 0 Å². The van der Waals surface area contributed by atoms with Crippen LogP contribution in [0, 0.1) is 0 Å². The number of hydrogen-bond donors (Lipinski definition) is 2. The van der Waals surface area contributed by atoms with Gasteiger partial charge in [0, 0.05) is 45.4 Å². The lowest BCUT2D eigenvalue weighted by Crippen LogP contribution is -2.42. The Morgan fingerprint density at radius 1 is 0.266 bits per heavy atom. The van der Waals surface area contributed by atoms with E-state index >= 15 is 0 Å². The van der Waals surface area contributed by atoms with Gasteiger partial charge in [0.05, 0.1) is 0 Å². The third kappa shape index (κ3) is 49.8. The number of amides is 3. The lowest BCUT2D eigenvalue weighted by atomic mass is 10.0. The molecular formula is C58H115N3O3. The van der Waals surface area contributed by atoms with E-state index in [0.717, 1.165) is 38.5 Å². The highest BCUT2D eigenvalue weighted by molar-refractivity contribution is 5.78. The first-order chi connectivity index (χ1) is 31.5. The van der Waals surface area contributed by atoms with E-state index < -0.39 is 0 Å². The number of unbranched alkanes of at least 4 members (excludes halogenated alkanes) is 42. The van der Waals surface area contributed by atoms with E-state index in [1.165, 1.54) is 250 Å². The summed E-state index contributed by atoms with van der Waals surface area (Å²) in [6.07, 6.45) is 61.0. The summed E-state index contributed by atoms with van der Waals surface area (Å²) in [6, 6.07) is 0. The summed E-state index contributed by atoms with van der Waals surface area (Å²) in [5, 5.41) is 6.18. The molecule has 0 bridgehead atoms. The van der Waals surface area contributed by atoms with Crippen molar-refractivity contribution in [2.45, 2.75) is 329 Å². The summed E-state index contributed by atoms with van der Waals surface area (Å²) in [5.41, 5.74) is 0. The van der Waals surface area contributed by atoms with Gasteiger partial charge >= 0.3 is 0 Å². The molecule has 6 heteroatoms. The molecule has 0 radical (unpaired) electrons. The zero-order valence-electron chi connectivity index (χ0n) is 43.9. The van der Waals surface area contributed by atoms with Crippen molar-refractivity contribution in [1.82, 2.24) is 15.5 Å². The summed E-state index contributed by atoms with van der Waals surface area (Å²) in [6.45, 7) is 8.84. The number of carbonyl (C=O) groups is 3. The Bertz CT molecular complexity index is 905. The van der Waals surface area contributed by atoms with E-state index in [0.29, 0.717) is 45.4 Å². The molecule has 0 unspecified atom stereocenters. The van der Waals surface area contributed by atoms with Crippen LogP contribution in [0.15, 0.2) is 0 Å². The molecule has 64 heavy (non-hydrogen) atoms. The molecule has 0 saturated carbocycles. The van der Waals surface area contributed by atoms with Crippen LogP contribution in [0.5, 0.6) is 0 Å². The fraction of sp³-hybridized carbons (Fsp3) is 0.948. The molecule has 0 aliphatic heterocycles. The molecule has 6 nitrogen and oxygen atoms in total. The monoisotopic (exact) mass is 902 g/mol. The van der Waals surface area contributed by atoms with Gasteiger partial charge in [-0.25, -0.2) is 0 Å². The average molecular weight is 903 g/mol. The number of hydrogen-bond acceptors (Lipinski definition) is 3. The third-order valence-electron chi connectivity index (χ3n) is 13.8. The van der Waals surface area contributed by atoms with Crippen molar-refractivity contribution in [3.05, 3.63) is 0 Å². The highest BCUT2D eigenvalue weighted by atomic mass is 16.2. The lowest BCUT2D eigenvalue weighted by molar-refractivity contribution is -0.132. The van der Waals surface area contributed by atoms with Crippen LogP contribution >= 0.6 is 0 Å². The largest absolute Gasteiger partial charge is 0.354 e. The van der Waals surface area contributed by atoms with Crippen molar-refractivity contribution < 1.29 is 14.4 Å². The Morgan fingerprint density at radius 2 is 0.453 bits per heavy atom. The van der Waals surface area contributed by atoms with Gasteiger partial charge in [-0.2, -0.15) is 0 Å². The van der Waals surface area contributed by atoms with E-state index in [2.05, 4.69) is 31.4 Å². The first-order valence-electron chi connectivity index (χ1n) is 29.4. The standard InChI is InChI=1S/C58H115N3O3/c1-4-7-10-13-16-19-22-25-28-31-34-37-40-43-46-49-56(62)59-52-54-61(58(64)51-48-45-42-39-36-33-30-27-24-21-18-15-12-9-6-3)55-53-60-57(63)50-47-44-41-38-35-32-29-26-23-20-17-14-11-8-5-2/h4-55H2,1-3H3,(H,59,62)(H,60,63). The minimum atomic E-state index is 0.0984. The Hall–Kier alpha value is -1.59. The smallest absolute Gasteiger partial charge is 0.222 e. The maximum atomic E-state index is 13.4. The minimum absolute atomic E-state index is 0.0984. The molecule has 0 atom stereocenters. The Balaban J connectivity index is 4.28. The fourth-order valence-electron chi connectivity index (χ4n) is 9.32. The molecule has 0 aromatic rings. The second kappa shape index (κ2) is 54.0. The van der Waals surface area contributed by atoms with E-state index in [-0.39, 0.29) is 17.7 Å². The van der Waals surface area contributed by atoms with Crippen LogP contribution < -0.4 is 10.6 Å². The molecule has 0 saturated heterocycles. The van der Waals surface area contributed by atoms with Crippen molar-refractivity contribution in [2.75, 3.05) is 26.2 Å². The van der Waals surface area contributed by atoms with Gasteiger partial charge in [-0.3, -0.25) is 14.4 Å². The molecule has 2 N–H and O–H groups in total. The summed E-state index contributed by atoms with van der Waals surface area (Å²) >= 11 is 0. The van der Waals surface area contributed by atoms with E-state index in [9.17, 15) is 14.4 Å². The average Bonchev–Trinajstić information content (AvgIpc) is 3.29. The molecule has 0 aliphatic rings. The third-order valence-corrected chi connectivity index (χ3v) is 13.8. The fourth-order valence-corrected chi connectivity index (χ4v) is 9.32. The second-order valence-corrected chi connectivity index (χ2v) is 20.2. The lowest BCUT2D eigenvalue weighted by Gasteiger charge is -2.23. The predicted octanol–water partition coefficient (Wildman–Crippen LogP) is 17.8. The quantitative estimate of drug-likeness (QED) is 0.0597. The molecule has 0 aliphatic carbocycles. The van der Waals surface area contributed by atoms with Crippen molar-refractivity contribution in [1.29, 1.82) is 0 Å². The predicted molar refractivity (Wildman–Crippen MR) is 281 cm³/mol. The van der Waals surface area contributed by atoms with Crippen molar-refractivity contribution in [3.8, 4) is 0 Å². The molecule has 0 aromatic carbocycles. The van der Waals surface area contributed by atoms with Crippen LogP contribution in [0.2, 0.25) is 0 Å². The maximum absolute atomic E-state index is 13.4. The van der Waals surface area contributed by atoms with Gasteiger partial charge < -0.3 is 15.5 Å². The molecule has 0 heterocycles. The van der Waals surface area contributed by atoms with Gasteiger partial charge in [0.25, 0.3) is 0 Å². The van der Waals surface area contributed by atoms with Crippen LogP contribution in [-0.4, -0.2) is 48.8 Å². The van der Waals surface area contributed by atoms with Crippen molar-refractivity contribution >= 4 is 17.7 Å². The zero-order valence-corrected chi connectivity index (χ0v) is 43.9. The van der Waals surface area contributed by atoms with Gasteiger partial charge in [0.15, 0.2) is 0 Å². The second-order valence-electron chi connectivity index (χ2n) is 20.2. The summed E-state index contributed by atoms with van der Waals surface area (Å²) in [5.74, 6) is 0.352. The first-order valence-corrected chi connectivity index (χ1v) is 29.4. The van der Waals surface area contributed by atoms with Gasteiger partial charge in [-0.05, 0) is 19.3 Å². The zero-order chi connectivity index (χ0) is 46.5. The molecule has 0 fully saturated rings. The van der Waals surface area contributed by atoms with Crippen molar-refractivity contribution in [3.63, 3.8) is 0 Å². The number of nitrogens with one attached hydrogen (secondary N) is 2. The van der Waals surface area contributed by atoms with E-state index in [4.69, 9.17) is 0 Å². The maximum Gasteiger partial charge on any atom is 0.222 e. The summed E-state index contributed by atoms with van der Waals surface area (Å²) in [4.78, 5) is 40.6.